The fourth-order valence-electron chi connectivity index (χ4n) is 3.12. The van der Waals surface area contributed by atoms with Gasteiger partial charge in [-0.25, -0.2) is 8.42 Å². The van der Waals surface area contributed by atoms with E-state index in [9.17, 15) is 18.0 Å². The summed E-state index contributed by atoms with van der Waals surface area (Å²) in [6.07, 6.45) is 0.170. The minimum atomic E-state index is -3.93. The Labute approximate surface area is 187 Å². The summed E-state index contributed by atoms with van der Waals surface area (Å²) in [6.45, 7) is 3.26. The lowest BCUT2D eigenvalue weighted by atomic mass is 10.1. The van der Waals surface area contributed by atoms with E-state index in [0.29, 0.717) is 11.4 Å². The van der Waals surface area contributed by atoms with Crippen LogP contribution in [0.2, 0.25) is 0 Å². The van der Waals surface area contributed by atoms with Gasteiger partial charge in [-0.1, -0.05) is 54.1 Å². The molecule has 0 spiro atoms. The van der Waals surface area contributed by atoms with E-state index in [1.807, 2.05) is 37.3 Å². The van der Waals surface area contributed by atoms with Gasteiger partial charge in [0.2, 0.25) is 21.8 Å². The molecular weight excluding hydrogens is 426 g/mol. The van der Waals surface area contributed by atoms with E-state index >= 15 is 0 Å². The summed E-state index contributed by atoms with van der Waals surface area (Å²) >= 11 is 0. The third-order valence-corrected chi connectivity index (χ3v) is 6.17. The molecular formula is C24H25N3O4S. The highest BCUT2D eigenvalue weighted by atomic mass is 32.2. The van der Waals surface area contributed by atoms with Crippen LogP contribution in [0.3, 0.4) is 0 Å². The van der Waals surface area contributed by atoms with Crippen molar-refractivity contribution < 1.29 is 18.0 Å². The molecule has 3 aromatic rings. The predicted octanol–water partition coefficient (Wildman–Crippen LogP) is 3.48. The van der Waals surface area contributed by atoms with E-state index < -0.39 is 22.0 Å². The van der Waals surface area contributed by atoms with Crippen molar-refractivity contribution in [3.8, 4) is 0 Å². The van der Waals surface area contributed by atoms with Crippen LogP contribution in [0, 0.1) is 6.92 Å². The Kier molecular flexibility index (Phi) is 7.40. The fraction of sp³-hybridized carbons (Fsp3) is 0.167. The molecule has 0 heterocycles. The van der Waals surface area contributed by atoms with Crippen molar-refractivity contribution in [2.75, 3.05) is 10.6 Å². The first-order chi connectivity index (χ1) is 15.2. The average molecular weight is 452 g/mol. The maximum atomic E-state index is 13.1. The third-order valence-electron chi connectivity index (χ3n) is 4.68. The Balaban J connectivity index is 1.84. The molecule has 8 heteroatoms. The van der Waals surface area contributed by atoms with Crippen molar-refractivity contribution in [1.29, 1.82) is 0 Å². The number of sulfonamides is 1. The van der Waals surface area contributed by atoms with Crippen LogP contribution in [0.25, 0.3) is 0 Å². The molecule has 7 nitrogen and oxygen atoms in total. The van der Waals surface area contributed by atoms with Crippen molar-refractivity contribution in [2.24, 2.45) is 0 Å². The molecule has 166 valence electrons. The molecule has 32 heavy (non-hydrogen) atoms. The zero-order valence-corrected chi connectivity index (χ0v) is 18.6. The largest absolute Gasteiger partial charge is 0.326 e. The predicted molar refractivity (Wildman–Crippen MR) is 125 cm³/mol. The van der Waals surface area contributed by atoms with Gasteiger partial charge in [0, 0.05) is 18.3 Å². The quantitative estimate of drug-likeness (QED) is 0.488. The summed E-state index contributed by atoms with van der Waals surface area (Å²) < 4.78 is 28.4. The standard InChI is InChI=1S/C24H25N3O4S/c1-17-11-13-22(14-12-17)32(30,31)27-23(15-19-7-4-3-5-8-19)24(29)26-21-10-6-9-20(16-21)25-18(2)28/h3-14,16,23,27H,15H2,1-2H3,(H,25,28)(H,26,29)/t23-/m1/s1. The summed E-state index contributed by atoms with van der Waals surface area (Å²) in [7, 11) is -3.93. The van der Waals surface area contributed by atoms with E-state index in [-0.39, 0.29) is 17.2 Å². The van der Waals surface area contributed by atoms with Crippen molar-refractivity contribution in [1.82, 2.24) is 4.72 Å². The van der Waals surface area contributed by atoms with Crippen LogP contribution in [0.5, 0.6) is 0 Å². The van der Waals surface area contributed by atoms with Gasteiger partial charge in [0.25, 0.3) is 0 Å². The van der Waals surface area contributed by atoms with Crippen molar-refractivity contribution in [3.63, 3.8) is 0 Å². The first-order valence-corrected chi connectivity index (χ1v) is 11.5. The number of hydrogen-bond acceptors (Lipinski definition) is 4. The van der Waals surface area contributed by atoms with E-state index in [1.54, 1.807) is 36.4 Å². The molecule has 0 radical (unpaired) electrons. The van der Waals surface area contributed by atoms with E-state index in [0.717, 1.165) is 11.1 Å². The van der Waals surface area contributed by atoms with Crippen LogP contribution < -0.4 is 15.4 Å². The number of benzene rings is 3. The van der Waals surface area contributed by atoms with Gasteiger partial charge < -0.3 is 10.6 Å². The highest BCUT2D eigenvalue weighted by Gasteiger charge is 2.26. The second-order valence-electron chi connectivity index (χ2n) is 7.43. The van der Waals surface area contributed by atoms with E-state index in [2.05, 4.69) is 15.4 Å². The molecule has 0 unspecified atom stereocenters. The van der Waals surface area contributed by atoms with Gasteiger partial charge in [0.1, 0.15) is 6.04 Å². The molecule has 3 N–H and O–H groups in total. The van der Waals surface area contributed by atoms with Crippen LogP contribution in [0.1, 0.15) is 18.1 Å². The summed E-state index contributed by atoms with van der Waals surface area (Å²) in [5.74, 6) is -0.745. The van der Waals surface area contributed by atoms with Gasteiger partial charge in [-0.15, -0.1) is 0 Å². The normalized spacial score (nSPS) is 12.1. The molecule has 0 fully saturated rings. The lowest BCUT2D eigenvalue weighted by Crippen LogP contribution is -2.45. The van der Waals surface area contributed by atoms with Gasteiger partial charge in [-0.3, -0.25) is 9.59 Å². The summed E-state index contributed by atoms with van der Waals surface area (Å²) in [5, 5.41) is 5.39. The lowest BCUT2D eigenvalue weighted by molar-refractivity contribution is -0.117. The van der Waals surface area contributed by atoms with Gasteiger partial charge in [-0.05, 0) is 49.2 Å². The Bertz CT molecular complexity index is 1190. The van der Waals surface area contributed by atoms with Crippen molar-refractivity contribution in [2.45, 2.75) is 31.2 Å². The van der Waals surface area contributed by atoms with Gasteiger partial charge in [0.15, 0.2) is 0 Å². The molecule has 2 amide bonds. The van der Waals surface area contributed by atoms with Crippen LogP contribution >= 0.6 is 0 Å². The van der Waals surface area contributed by atoms with Crippen molar-refractivity contribution >= 4 is 33.2 Å². The zero-order chi connectivity index (χ0) is 23.1. The molecule has 0 bridgehead atoms. The summed E-state index contributed by atoms with van der Waals surface area (Å²) in [5.41, 5.74) is 2.71. The minimum absolute atomic E-state index is 0.0848. The molecule has 0 aliphatic rings. The topological polar surface area (TPSA) is 104 Å². The number of amides is 2. The van der Waals surface area contributed by atoms with Crippen LogP contribution in [-0.4, -0.2) is 26.3 Å². The number of carbonyl (C=O) groups is 2. The second-order valence-corrected chi connectivity index (χ2v) is 9.14. The fourth-order valence-corrected chi connectivity index (χ4v) is 4.31. The van der Waals surface area contributed by atoms with E-state index in [4.69, 9.17) is 0 Å². The first-order valence-electron chi connectivity index (χ1n) is 10.0. The zero-order valence-electron chi connectivity index (χ0n) is 17.8. The van der Waals surface area contributed by atoms with Crippen LogP contribution in [0.4, 0.5) is 11.4 Å². The Morgan fingerprint density at radius 1 is 0.844 bits per heavy atom. The van der Waals surface area contributed by atoms with Crippen LogP contribution in [0.15, 0.2) is 83.8 Å². The van der Waals surface area contributed by atoms with Crippen molar-refractivity contribution in [3.05, 3.63) is 90.0 Å². The van der Waals surface area contributed by atoms with Gasteiger partial charge >= 0.3 is 0 Å². The Morgan fingerprint density at radius 3 is 2.09 bits per heavy atom. The number of carbonyl (C=O) groups excluding carboxylic acids is 2. The lowest BCUT2D eigenvalue weighted by Gasteiger charge is -2.19. The van der Waals surface area contributed by atoms with Gasteiger partial charge in [0.05, 0.1) is 4.90 Å². The molecule has 0 aliphatic heterocycles. The number of hydrogen-bond donors (Lipinski definition) is 3. The summed E-state index contributed by atoms with van der Waals surface area (Å²) in [6, 6.07) is 21.2. The molecule has 3 rings (SSSR count). The highest BCUT2D eigenvalue weighted by molar-refractivity contribution is 7.89. The maximum Gasteiger partial charge on any atom is 0.242 e. The maximum absolute atomic E-state index is 13.1. The number of nitrogens with one attached hydrogen (secondary N) is 3. The molecule has 0 saturated heterocycles. The second kappa shape index (κ2) is 10.2. The summed E-state index contributed by atoms with van der Waals surface area (Å²) in [4.78, 5) is 24.5. The molecule has 0 aromatic heterocycles. The third kappa shape index (κ3) is 6.50. The Hall–Kier alpha value is -3.49. The molecule has 1 atom stereocenters. The monoisotopic (exact) mass is 451 g/mol. The molecule has 0 aliphatic carbocycles. The van der Waals surface area contributed by atoms with Gasteiger partial charge in [-0.2, -0.15) is 4.72 Å². The van der Waals surface area contributed by atoms with Crippen LogP contribution in [-0.2, 0) is 26.0 Å². The minimum Gasteiger partial charge on any atom is -0.326 e. The first kappa shape index (κ1) is 23.2. The number of aryl methyl sites for hydroxylation is 1. The highest BCUT2D eigenvalue weighted by Crippen LogP contribution is 2.17. The molecule has 3 aromatic carbocycles. The Morgan fingerprint density at radius 2 is 1.47 bits per heavy atom. The average Bonchev–Trinajstić information content (AvgIpc) is 2.74. The smallest absolute Gasteiger partial charge is 0.242 e. The molecule has 0 saturated carbocycles. The SMILES string of the molecule is CC(=O)Nc1cccc(NC(=O)[C@@H](Cc2ccccc2)NS(=O)(=O)c2ccc(C)cc2)c1. The number of rotatable bonds is 8. The number of anilines is 2. The van der Waals surface area contributed by atoms with E-state index in [1.165, 1.54) is 19.1 Å².